The van der Waals surface area contributed by atoms with Gasteiger partial charge in [-0.05, 0) is 51.6 Å². The number of benzene rings is 3. The van der Waals surface area contributed by atoms with Crippen LogP contribution in [0.2, 0.25) is 0 Å². The Kier molecular flexibility index (Phi) is 1.77. The molecule has 0 spiro atoms. The Balaban J connectivity index is 1.89. The summed E-state index contributed by atoms with van der Waals surface area (Å²) in [4.78, 5) is 0. The highest BCUT2D eigenvalue weighted by Gasteiger charge is 2.41. The Morgan fingerprint density at radius 3 is 2.79 bits per heavy atom. The molecular weight excluding hydrogens is 230 g/mol. The fourth-order valence-corrected chi connectivity index (χ4v) is 3.67. The lowest BCUT2D eigenvalue weighted by molar-refractivity contribution is 0.747. The van der Waals surface area contributed by atoms with Crippen LogP contribution < -0.4 is 5.32 Å². The van der Waals surface area contributed by atoms with E-state index in [1.807, 2.05) is 0 Å². The van der Waals surface area contributed by atoms with Crippen molar-refractivity contribution in [3.05, 3.63) is 59.7 Å². The highest BCUT2D eigenvalue weighted by molar-refractivity contribution is 6.07. The molecule has 1 saturated heterocycles. The van der Waals surface area contributed by atoms with Crippen LogP contribution in [0.25, 0.3) is 21.5 Å². The van der Waals surface area contributed by atoms with Gasteiger partial charge in [-0.25, -0.2) is 0 Å². The van der Waals surface area contributed by atoms with Gasteiger partial charge in [0, 0.05) is 12.1 Å². The second kappa shape index (κ2) is 3.37. The normalized spacial score (nSPS) is 24.2. The number of rotatable bonds is 0. The Morgan fingerprint density at radius 1 is 0.895 bits per heavy atom. The van der Waals surface area contributed by atoms with E-state index >= 15 is 0 Å². The van der Waals surface area contributed by atoms with Gasteiger partial charge in [-0.3, -0.25) is 0 Å². The van der Waals surface area contributed by atoms with E-state index in [2.05, 4.69) is 53.8 Å². The topological polar surface area (TPSA) is 21.9 Å². The summed E-state index contributed by atoms with van der Waals surface area (Å²) in [7, 11) is 0. The molecule has 0 aromatic heterocycles. The SMILES string of the molecule is c1ccc2c(c1)ccc1cc3c(cc12)CCC1NC31. The van der Waals surface area contributed by atoms with Crippen molar-refractivity contribution in [3.63, 3.8) is 0 Å². The van der Waals surface area contributed by atoms with E-state index < -0.39 is 0 Å². The number of nitrogens with one attached hydrogen (secondary N) is 1. The standard InChI is InChI=1S/C18H15N/c1-2-4-14-11(3-1)5-6-12-10-16-13(9-15(12)14)7-8-17-18(16)19-17/h1-6,9-10,17-19H,7-8H2. The summed E-state index contributed by atoms with van der Waals surface area (Å²) in [6.07, 6.45) is 2.52. The van der Waals surface area contributed by atoms with Crippen LogP contribution in [0.15, 0.2) is 48.5 Å². The maximum Gasteiger partial charge on any atom is 0.0481 e. The molecule has 0 saturated carbocycles. The van der Waals surface area contributed by atoms with Gasteiger partial charge < -0.3 is 5.32 Å². The van der Waals surface area contributed by atoms with Crippen molar-refractivity contribution in [1.29, 1.82) is 0 Å². The third-order valence-electron chi connectivity index (χ3n) is 4.75. The minimum atomic E-state index is 0.639. The first kappa shape index (κ1) is 9.99. The molecule has 2 atom stereocenters. The molecule has 2 unspecified atom stereocenters. The van der Waals surface area contributed by atoms with Crippen LogP contribution in [0.3, 0.4) is 0 Å². The van der Waals surface area contributed by atoms with Gasteiger partial charge in [-0.2, -0.15) is 0 Å². The highest BCUT2D eigenvalue weighted by atomic mass is 15.1. The predicted molar refractivity (Wildman–Crippen MR) is 79.4 cm³/mol. The Morgan fingerprint density at radius 2 is 1.79 bits per heavy atom. The van der Waals surface area contributed by atoms with Crippen LogP contribution in [0.4, 0.5) is 0 Å². The predicted octanol–water partition coefficient (Wildman–Crippen LogP) is 3.95. The highest BCUT2D eigenvalue weighted by Crippen LogP contribution is 2.42. The minimum Gasteiger partial charge on any atom is -0.304 e. The third kappa shape index (κ3) is 1.34. The lowest BCUT2D eigenvalue weighted by Crippen LogP contribution is -2.04. The maximum atomic E-state index is 3.59. The molecule has 0 radical (unpaired) electrons. The lowest BCUT2D eigenvalue weighted by Gasteiger charge is -2.15. The quantitative estimate of drug-likeness (QED) is 0.470. The van der Waals surface area contributed by atoms with Crippen molar-refractivity contribution in [3.8, 4) is 0 Å². The van der Waals surface area contributed by atoms with Gasteiger partial charge in [-0.1, -0.05) is 42.5 Å². The summed E-state index contributed by atoms with van der Waals surface area (Å²) >= 11 is 0. The maximum absolute atomic E-state index is 3.59. The molecule has 2 aliphatic rings. The molecule has 0 bridgehead atoms. The number of fused-ring (bicyclic) bond motifs is 6. The Bertz CT molecular complexity index is 818. The van der Waals surface area contributed by atoms with Crippen molar-refractivity contribution in [2.24, 2.45) is 0 Å². The summed E-state index contributed by atoms with van der Waals surface area (Å²) in [5.74, 6) is 0. The molecule has 1 heteroatoms. The summed E-state index contributed by atoms with van der Waals surface area (Å²) in [6.45, 7) is 0. The van der Waals surface area contributed by atoms with E-state index in [4.69, 9.17) is 0 Å². The van der Waals surface area contributed by atoms with E-state index in [9.17, 15) is 0 Å². The van der Waals surface area contributed by atoms with Crippen molar-refractivity contribution < 1.29 is 0 Å². The number of hydrogen-bond donors (Lipinski definition) is 1. The van der Waals surface area contributed by atoms with E-state index in [1.54, 1.807) is 11.1 Å². The van der Waals surface area contributed by atoms with Gasteiger partial charge in [0.15, 0.2) is 0 Å². The molecule has 3 aromatic rings. The second-order valence-corrected chi connectivity index (χ2v) is 5.85. The van der Waals surface area contributed by atoms with E-state index in [0.717, 1.165) is 6.04 Å². The van der Waals surface area contributed by atoms with Crippen molar-refractivity contribution >= 4 is 21.5 Å². The summed E-state index contributed by atoms with van der Waals surface area (Å²) in [5.41, 5.74) is 3.09. The number of aryl methyl sites for hydroxylation is 1. The molecule has 1 nitrogen and oxygen atoms in total. The largest absolute Gasteiger partial charge is 0.304 e. The number of hydrogen-bond acceptors (Lipinski definition) is 1. The molecule has 0 amide bonds. The van der Waals surface area contributed by atoms with Crippen LogP contribution in [-0.2, 0) is 6.42 Å². The lowest BCUT2D eigenvalue weighted by atomic mass is 9.88. The zero-order valence-electron chi connectivity index (χ0n) is 10.7. The van der Waals surface area contributed by atoms with Crippen LogP contribution >= 0.6 is 0 Å². The average molecular weight is 245 g/mol. The van der Waals surface area contributed by atoms with Gasteiger partial charge in [0.1, 0.15) is 0 Å². The minimum absolute atomic E-state index is 0.639. The van der Waals surface area contributed by atoms with Crippen LogP contribution in [0, 0.1) is 0 Å². The smallest absolute Gasteiger partial charge is 0.0481 e. The summed E-state index contributed by atoms with van der Waals surface area (Å²) in [5, 5.41) is 9.11. The fourth-order valence-electron chi connectivity index (χ4n) is 3.67. The average Bonchev–Trinajstić information content (AvgIpc) is 3.25. The molecule has 19 heavy (non-hydrogen) atoms. The first-order valence-electron chi connectivity index (χ1n) is 7.10. The van der Waals surface area contributed by atoms with Crippen LogP contribution in [0.1, 0.15) is 23.6 Å². The van der Waals surface area contributed by atoms with Crippen molar-refractivity contribution in [2.45, 2.75) is 24.9 Å². The van der Waals surface area contributed by atoms with Crippen molar-refractivity contribution in [1.82, 2.24) is 5.32 Å². The monoisotopic (exact) mass is 245 g/mol. The molecule has 1 heterocycles. The summed E-state index contributed by atoms with van der Waals surface area (Å²) in [6, 6.07) is 19.4. The van der Waals surface area contributed by atoms with Gasteiger partial charge in [-0.15, -0.1) is 0 Å². The Labute approximate surface area is 112 Å². The third-order valence-corrected chi connectivity index (χ3v) is 4.75. The van der Waals surface area contributed by atoms with Crippen molar-refractivity contribution in [2.75, 3.05) is 0 Å². The molecular formula is C18H15N. The summed E-state index contributed by atoms with van der Waals surface area (Å²) < 4.78 is 0. The second-order valence-electron chi connectivity index (χ2n) is 5.85. The van der Waals surface area contributed by atoms with Crippen LogP contribution in [-0.4, -0.2) is 6.04 Å². The van der Waals surface area contributed by atoms with Crippen LogP contribution in [0.5, 0.6) is 0 Å². The van der Waals surface area contributed by atoms with Gasteiger partial charge in [0.05, 0.1) is 0 Å². The van der Waals surface area contributed by atoms with Gasteiger partial charge >= 0.3 is 0 Å². The zero-order chi connectivity index (χ0) is 12.4. The van der Waals surface area contributed by atoms with Gasteiger partial charge in [0.25, 0.3) is 0 Å². The molecule has 5 rings (SSSR count). The molecule has 1 aliphatic carbocycles. The molecule has 3 aromatic carbocycles. The molecule has 92 valence electrons. The van der Waals surface area contributed by atoms with E-state index in [1.165, 1.54) is 34.4 Å². The van der Waals surface area contributed by atoms with E-state index in [0.29, 0.717) is 6.04 Å². The first-order chi connectivity index (χ1) is 9.40. The first-order valence-corrected chi connectivity index (χ1v) is 7.10. The fraction of sp³-hybridized carbons (Fsp3) is 0.222. The molecule has 1 aliphatic heterocycles. The molecule has 1 fully saturated rings. The Hall–Kier alpha value is -1.86. The zero-order valence-corrected chi connectivity index (χ0v) is 10.7. The van der Waals surface area contributed by atoms with E-state index in [-0.39, 0.29) is 0 Å². The van der Waals surface area contributed by atoms with Gasteiger partial charge in [0.2, 0.25) is 0 Å². The molecule has 1 N–H and O–H groups in total.